The molecule has 1 saturated heterocycles. The number of nitrogens with zero attached hydrogens (tertiary/aromatic N) is 5. The molecule has 0 atom stereocenters. The molecule has 2 aromatic carbocycles. The van der Waals surface area contributed by atoms with Gasteiger partial charge in [0.25, 0.3) is 5.91 Å². The van der Waals surface area contributed by atoms with Gasteiger partial charge in [-0.15, -0.1) is 0 Å². The van der Waals surface area contributed by atoms with Crippen LogP contribution in [-0.4, -0.2) is 64.6 Å². The highest BCUT2D eigenvalue weighted by Crippen LogP contribution is 2.32. The fourth-order valence-electron chi connectivity index (χ4n) is 3.78. The van der Waals surface area contributed by atoms with Crippen LogP contribution >= 0.6 is 0 Å². The van der Waals surface area contributed by atoms with Crippen molar-refractivity contribution in [2.45, 2.75) is 6.92 Å². The van der Waals surface area contributed by atoms with Crippen LogP contribution in [0, 0.1) is 10.1 Å². The summed E-state index contributed by atoms with van der Waals surface area (Å²) in [4.78, 5) is 47.3. The van der Waals surface area contributed by atoms with Crippen LogP contribution in [0.25, 0.3) is 10.8 Å². The SMILES string of the molecule is CCOC(=O)N1CCN(c2ncnc(NNC(=O)c3cccc4ccccc34)c2[N+](=O)[O-])CC1. The first-order valence-corrected chi connectivity index (χ1v) is 10.7. The van der Waals surface area contributed by atoms with E-state index in [1.165, 1.54) is 11.2 Å². The van der Waals surface area contributed by atoms with Crippen LogP contribution in [0.5, 0.6) is 0 Å². The quantitative estimate of drug-likeness (QED) is 0.415. The number of nitro groups is 1. The molecule has 12 nitrogen and oxygen atoms in total. The number of ether oxygens (including phenoxy) is 1. The molecule has 0 saturated carbocycles. The van der Waals surface area contributed by atoms with Gasteiger partial charge in [-0.1, -0.05) is 36.4 Å². The fourth-order valence-corrected chi connectivity index (χ4v) is 3.78. The van der Waals surface area contributed by atoms with Gasteiger partial charge in [-0.3, -0.25) is 25.8 Å². The second-order valence-electron chi connectivity index (χ2n) is 7.43. The average molecular weight is 465 g/mol. The standard InChI is InChI=1S/C22H23N7O5/c1-2-34-22(31)28-12-10-27(11-13-28)20-18(29(32)33)19(23-14-24-20)25-26-21(30)17-9-5-7-15-6-3-4-8-16(15)17/h3-9,14H,2,10-13H2,1H3,(H,26,30)(H,23,24,25). The minimum Gasteiger partial charge on any atom is -0.450 e. The van der Waals surface area contributed by atoms with Gasteiger partial charge in [-0.2, -0.15) is 0 Å². The lowest BCUT2D eigenvalue weighted by molar-refractivity contribution is -0.383. The van der Waals surface area contributed by atoms with Gasteiger partial charge in [0, 0.05) is 31.7 Å². The summed E-state index contributed by atoms with van der Waals surface area (Å²) in [6, 6.07) is 12.7. The number of carbonyl (C=O) groups excluding carboxylic acids is 2. The van der Waals surface area contributed by atoms with Crippen molar-refractivity contribution in [3.8, 4) is 0 Å². The number of fused-ring (bicyclic) bond motifs is 1. The molecule has 34 heavy (non-hydrogen) atoms. The zero-order chi connectivity index (χ0) is 24.1. The van der Waals surface area contributed by atoms with E-state index < -0.39 is 16.9 Å². The van der Waals surface area contributed by atoms with Crippen LogP contribution in [-0.2, 0) is 4.74 Å². The van der Waals surface area contributed by atoms with Crippen LogP contribution in [0.1, 0.15) is 17.3 Å². The Labute approximate surface area is 194 Å². The van der Waals surface area contributed by atoms with Gasteiger partial charge in [0.1, 0.15) is 6.33 Å². The molecule has 1 aromatic heterocycles. The maximum absolute atomic E-state index is 12.8. The molecule has 0 unspecified atom stereocenters. The van der Waals surface area contributed by atoms with E-state index >= 15 is 0 Å². The molecule has 1 aliphatic heterocycles. The van der Waals surface area contributed by atoms with E-state index in [2.05, 4.69) is 20.8 Å². The minimum absolute atomic E-state index is 0.102. The number of aromatic nitrogens is 2. The molecule has 0 aliphatic carbocycles. The van der Waals surface area contributed by atoms with E-state index in [1.54, 1.807) is 24.0 Å². The molecule has 2 amide bonds. The van der Waals surface area contributed by atoms with E-state index in [1.807, 2.05) is 30.3 Å². The zero-order valence-electron chi connectivity index (χ0n) is 18.4. The fraction of sp³-hybridized carbons (Fsp3) is 0.273. The van der Waals surface area contributed by atoms with Crippen molar-refractivity contribution < 1.29 is 19.2 Å². The van der Waals surface area contributed by atoms with Crippen molar-refractivity contribution in [3.05, 3.63) is 64.5 Å². The number of hydrogen-bond acceptors (Lipinski definition) is 9. The smallest absolute Gasteiger partial charge is 0.409 e. The van der Waals surface area contributed by atoms with E-state index in [-0.39, 0.29) is 23.9 Å². The Morgan fingerprint density at radius 3 is 2.56 bits per heavy atom. The molecule has 176 valence electrons. The number of nitrogens with one attached hydrogen (secondary N) is 2. The Morgan fingerprint density at radius 2 is 1.82 bits per heavy atom. The van der Waals surface area contributed by atoms with E-state index in [4.69, 9.17) is 4.74 Å². The molecule has 1 aliphatic rings. The summed E-state index contributed by atoms with van der Waals surface area (Å²) in [5, 5.41) is 13.5. The topological polar surface area (TPSA) is 143 Å². The largest absolute Gasteiger partial charge is 0.450 e. The lowest BCUT2D eigenvalue weighted by Crippen LogP contribution is -2.49. The second kappa shape index (κ2) is 9.98. The number of hydrogen-bond donors (Lipinski definition) is 2. The molecule has 1 fully saturated rings. The highest BCUT2D eigenvalue weighted by molar-refractivity contribution is 6.07. The van der Waals surface area contributed by atoms with Gasteiger partial charge < -0.3 is 14.5 Å². The molecule has 0 spiro atoms. The Hall–Kier alpha value is -4.48. The summed E-state index contributed by atoms with van der Waals surface area (Å²) in [7, 11) is 0. The van der Waals surface area contributed by atoms with Crippen molar-refractivity contribution >= 4 is 40.1 Å². The second-order valence-corrected chi connectivity index (χ2v) is 7.43. The van der Waals surface area contributed by atoms with Gasteiger partial charge in [0.05, 0.1) is 11.5 Å². The van der Waals surface area contributed by atoms with Crippen LogP contribution < -0.4 is 15.8 Å². The number of rotatable bonds is 6. The number of anilines is 2. The molecule has 0 radical (unpaired) electrons. The summed E-state index contributed by atoms with van der Waals surface area (Å²) in [5.41, 5.74) is 5.12. The number of carbonyl (C=O) groups is 2. The molecule has 0 bridgehead atoms. The molecular formula is C22H23N7O5. The summed E-state index contributed by atoms with van der Waals surface area (Å²) in [6.45, 7) is 3.33. The minimum atomic E-state index is -0.598. The predicted octanol–water partition coefficient (Wildman–Crippen LogP) is 2.57. The van der Waals surface area contributed by atoms with Gasteiger partial charge in [-0.25, -0.2) is 14.8 Å². The number of hydrazine groups is 1. The summed E-state index contributed by atoms with van der Waals surface area (Å²) >= 11 is 0. The maximum atomic E-state index is 12.8. The Kier molecular flexibility index (Phi) is 6.67. The number of piperazine rings is 1. The summed E-state index contributed by atoms with van der Waals surface area (Å²) in [5.74, 6) is -0.504. The number of benzene rings is 2. The predicted molar refractivity (Wildman–Crippen MR) is 125 cm³/mol. The first-order chi connectivity index (χ1) is 16.5. The highest BCUT2D eigenvalue weighted by Gasteiger charge is 2.31. The lowest BCUT2D eigenvalue weighted by atomic mass is 10.0. The summed E-state index contributed by atoms with van der Waals surface area (Å²) < 4.78 is 5.01. The first kappa shape index (κ1) is 22.7. The summed E-state index contributed by atoms with van der Waals surface area (Å²) in [6.07, 6.45) is 0.768. The van der Waals surface area contributed by atoms with E-state index in [0.29, 0.717) is 31.7 Å². The molecule has 2 N–H and O–H groups in total. The Morgan fingerprint density at radius 1 is 1.09 bits per heavy atom. The van der Waals surface area contributed by atoms with Crippen LogP contribution in [0.15, 0.2) is 48.8 Å². The zero-order valence-corrected chi connectivity index (χ0v) is 18.4. The Bertz CT molecular complexity index is 1220. The van der Waals surface area contributed by atoms with Crippen molar-refractivity contribution in [1.82, 2.24) is 20.3 Å². The monoisotopic (exact) mass is 465 g/mol. The lowest BCUT2D eigenvalue weighted by Gasteiger charge is -2.34. The highest BCUT2D eigenvalue weighted by atomic mass is 16.6. The molecule has 4 rings (SSSR count). The third-order valence-electron chi connectivity index (χ3n) is 5.42. The third-order valence-corrected chi connectivity index (χ3v) is 5.42. The average Bonchev–Trinajstić information content (AvgIpc) is 2.86. The van der Waals surface area contributed by atoms with Crippen molar-refractivity contribution in [2.75, 3.05) is 43.1 Å². The van der Waals surface area contributed by atoms with Crippen molar-refractivity contribution in [1.29, 1.82) is 0 Å². The van der Waals surface area contributed by atoms with Gasteiger partial charge in [0.15, 0.2) is 0 Å². The van der Waals surface area contributed by atoms with Crippen LogP contribution in [0.2, 0.25) is 0 Å². The van der Waals surface area contributed by atoms with E-state index in [0.717, 1.165) is 10.8 Å². The number of amides is 2. The van der Waals surface area contributed by atoms with Gasteiger partial charge in [-0.05, 0) is 23.8 Å². The molecule has 3 aromatic rings. The Balaban J connectivity index is 1.51. The van der Waals surface area contributed by atoms with Crippen LogP contribution in [0.4, 0.5) is 22.1 Å². The maximum Gasteiger partial charge on any atom is 0.409 e. The molecule has 2 heterocycles. The molecule has 12 heteroatoms. The van der Waals surface area contributed by atoms with Crippen molar-refractivity contribution in [2.24, 2.45) is 0 Å². The van der Waals surface area contributed by atoms with Crippen molar-refractivity contribution in [3.63, 3.8) is 0 Å². The molecular weight excluding hydrogens is 442 g/mol. The van der Waals surface area contributed by atoms with Gasteiger partial charge >= 0.3 is 11.8 Å². The third kappa shape index (κ3) is 4.65. The normalized spacial score (nSPS) is 13.4. The van der Waals surface area contributed by atoms with Crippen LogP contribution in [0.3, 0.4) is 0 Å². The van der Waals surface area contributed by atoms with Gasteiger partial charge in [0.2, 0.25) is 11.6 Å². The first-order valence-electron chi connectivity index (χ1n) is 10.7. The van der Waals surface area contributed by atoms with E-state index in [9.17, 15) is 19.7 Å².